The highest BCUT2D eigenvalue weighted by molar-refractivity contribution is 7.89. The Bertz CT molecular complexity index is 1250. The van der Waals surface area contributed by atoms with Gasteiger partial charge in [0, 0.05) is 5.69 Å². The molecule has 7 nitrogen and oxygen atoms in total. The molecule has 0 aliphatic rings. The smallest absolute Gasteiger partial charge is 0.284 e. The van der Waals surface area contributed by atoms with E-state index in [0.29, 0.717) is 0 Å². The van der Waals surface area contributed by atoms with Crippen LogP contribution in [0.5, 0.6) is 0 Å². The molecule has 0 atom stereocenters. The summed E-state index contributed by atoms with van der Waals surface area (Å²) in [6.45, 7) is 0. The van der Waals surface area contributed by atoms with Crippen molar-refractivity contribution in [1.29, 1.82) is 0 Å². The highest BCUT2D eigenvalue weighted by Crippen LogP contribution is 2.18. The van der Waals surface area contributed by atoms with Crippen molar-refractivity contribution < 1.29 is 13.2 Å². The van der Waals surface area contributed by atoms with Gasteiger partial charge < -0.3 is 0 Å². The predicted molar refractivity (Wildman–Crippen MR) is 105 cm³/mol. The third kappa shape index (κ3) is 3.51. The van der Waals surface area contributed by atoms with E-state index >= 15 is 0 Å². The van der Waals surface area contributed by atoms with Gasteiger partial charge in [0.25, 0.3) is 15.9 Å². The van der Waals surface area contributed by atoms with Crippen molar-refractivity contribution in [3.8, 4) is 5.69 Å². The highest BCUT2D eigenvalue weighted by atomic mass is 32.2. The van der Waals surface area contributed by atoms with Gasteiger partial charge >= 0.3 is 0 Å². The number of carbonyl (C=O) groups is 1. The summed E-state index contributed by atoms with van der Waals surface area (Å²) in [5.74, 6) is -0.620. The normalized spacial score (nSPS) is 11.4. The van der Waals surface area contributed by atoms with Crippen LogP contribution in [-0.4, -0.2) is 23.9 Å². The number of hydrogen-bond acceptors (Lipinski definition) is 4. The maximum absolute atomic E-state index is 12.6. The Morgan fingerprint density at radius 3 is 2.39 bits per heavy atom. The minimum absolute atomic E-state index is 0.0584. The second kappa shape index (κ2) is 7.26. The number of sulfonamides is 1. The Labute approximate surface area is 161 Å². The van der Waals surface area contributed by atoms with Gasteiger partial charge in [-0.3, -0.25) is 14.8 Å². The fourth-order valence-electron chi connectivity index (χ4n) is 2.83. The second-order valence-electron chi connectivity index (χ2n) is 6.05. The molecule has 0 unspecified atom stereocenters. The lowest BCUT2D eigenvalue weighted by Crippen LogP contribution is -2.42. The summed E-state index contributed by atoms with van der Waals surface area (Å²) >= 11 is 0. The van der Waals surface area contributed by atoms with Crippen molar-refractivity contribution in [1.82, 2.24) is 19.8 Å². The first kappa shape index (κ1) is 17.9. The summed E-state index contributed by atoms with van der Waals surface area (Å²) in [5, 5.41) is 1.72. The third-order valence-corrected chi connectivity index (χ3v) is 5.48. The molecule has 0 fully saturated rings. The van der Waals surface area contributed by atoms with Gasteiger partial charge in [-0.25, -0.2) is 13.4 Å². The lowest BCUT2D eigenvalue weighted by atomic mass is 10.1. The van der Waals surface area contributed by atoms with E-state index in [0.717, 1.165) is 16.5 Å². The molecular weight excluding hydrogens is 376 g/mol. The van der Waals surface area contributed by atoms with E-state index in [2.05, 4.69) is 15.2 Å². The fourth-order valence-corrected chi connectivity index (χ4v) is 3.70. The number of carbonyl (C=O) groups excluding carboxylic acids is 1. The average Bonchev–Trinajstić information content (AvgIpc) is 3.22. The van der Waals surface area contributed by atoms with Crippen molar-refractivity contribution >= 4 is 26.7 Å². The molecule has 4 rings (SSSR count). The van der Waals surface area contributed by atoms with E-state index in [4.69, 9.17) is 0 Å². The van der Waals surface area contributed by atoms with Crippen LogP contribution in [0, 0.1) is 0 Å². The number of imidazole rings is 1. The Hall–Kier alpha value is -3.49. The van der Waals surface area contributed by atoms with Gasteiger partial charge in [-0.2, -0.15) is 0 Å². The number of fused-ring (bicyclic) bond motifs is 1. The van der Waals surface area contributed by atoms with E-state index in [1.165, 1.54) is 18.6 Å². The van der Waals surface area contributed by atoms with E-state index in [1.54, 1.807) is 16.7 Å². The molecule has 0 saturated carbocycles. The SMILES string of the molecule is O=C(NNS(=O)(=O)c1ccc2ccccc2c1)c1cncn1-c1ccccc1. The fraction of sp³-hybridized carbons (Fsp3) is 0. The molecule has 3 aromatic carbocycles. The highest BCUT2D eigenvalue weighted by Gasteiger charge is 2.18. The van der Waals surface area contributed by atoms with E-state index < -0.39 is 15.9 Å². The first-order chi connectivity index (χ1) is 13.5. The summed E-state index contributed by atoms with van der Waals surface area (Å²) in [4.78, 5) is 18.7. The number of nitrogens with one attached hydrogen (secondary N) is 2. The molecule has 0 bridgehead atoms. The minimum Gasteiger partial charge on any atom is -0.295 e. The van der Waals surface area contributed by atoms with Crippen LogP contribution in [-0.2, 0) is 10.0 Å². The zero-order chi connectivity index (χ0) is 19.6. The van der Waals surface area contributed by atoms with Crippen molar-refractivity contribution in [2.45, 2.75) is 4.90 Å². The Kier molecular flexibility index (Phi) is 4.64. The zero-order valence-corrected chi connectivity index (χ0v) is 15.4. The zero-order valence-electron chi connectivity index (χ0n) is 14.6. The topological polar surface area (TPSA) is 93.1 Å². The van der Waals surface area contributed by atoms with Crippen LogP contribution in [0.3, 0.4) is 0 Å². The lowest BCUT2D eigenvalue weighted by Gasteiger charge is -2.11. The van der Waals surface area contributed by atoms with Crippen molar-refractivity contribution in [2.24, 2.45) is 0 Å². The molecule has 28 heavy (non-hydrogen) atoms. The van der Waals surface area contributed by atoms with Gasteiger partial charge in [-0.05, 0) is 35.0 Å². The first-order valence-corrected chi connectivity index (χ1v) is 9.92. The third-order valence-electron chi connectivity index (χ3n) is 4.24. The number of hydrazine groups is 1. The molecule has 0 saturated heterocycles. The number of benzene rings is 3. The maximum Gasteiger partial charge on any atom is 0.284 e. The molecule has 4 aromatic rings. The standard InChI is InChI=1S/C20H16N4O3S/c25-20(19-13-21-14-24(19)17-8-2-1-3-9-17)22-23-28(26,27)18-11-10-15-6-4-5-7-16(15)12-18/h1-14,23H,(H,22,25). The molecule has 8 heteroatoms. The molecule has 0 aliphatic carbocycles. The number of nitrogens with zero attached hydrogens (tertiary/aromatic N) is 2. The Morgan fingerprint density at radius 2 is 1.61 bits per heavy atom. The van der Waals surface area contributed by atoms with Gasteiger partial charge in [-0.1, -0.05) is 48.5 Å². The summed E-state index contributed by atoms with van der Waals surface area (Å²) < 4.78 is 26.7. The summed E-state index contributed by atoms with van der Waals surface area (Å²) in [5.41, 5.74) is 3.18. The van der Waals surface area contributed by atoms with Crippen molar-refractivity contribution in [2.75, 3.05) is 0 Å². The minimum atomic E-state index is -3.93. The summed E-state index contributed by atoms with van der Waals surface area (Å²) in [6, 6.07) is 21.4. The lowest BCUT2D eigenvalue weighted by molar-refractivity contribution is 0.0938. The quantitative estimate of drug-likeness (QED) is 0.511. The molecule has 0 radical (unpaired) electrons. The molecule has 2 N–H and O–H groups in total. The maximum atomic E-state index is 12.6. The first-order valence-electron chi connectivity index (χ1n) is 8.43. The number of rotatable bonds is 5. The van der Waals surface area contributed by atoms with Crippen molar-refractivity contribution in [3.63, 3.8) is 0 Å². The number of para-hydroxylation sites is 1. The summed E-state index contributed by atoms with van der Waals surface area (Å²) in [6.07, 6.45) is 2.86. The van der Waals surface area contributed by atoms with Crippen LogP contribution in [0.1, 0.15) is 10.5 Å². The Morgan fingerprint density at radius 1 is 0.893 bits per heavy atom. The van der Waals surface area contributed by atoms with E-state index in [1.807, 2.05) is 54.6 Å². The number of amides is 1. The largest absolute Gasteiger partial charge is 0.295 e. The van der Waals surface area contributed by atoms with Gasteiger partial charge in [0.2, 0.25) is 0 Å². The number of aromatic nitrogens is 2. The van der Waals surface area contributed by atoms with E-state index in [-0.39, 0.29) is 10.6 Å². The second-order valence-corrected chi connectivity index (χ2v) is 7.74. The van der Waals surface area contributed by atoms with Crippen LogP contribution >= 0.6 is 0 Å². The molecule has 1 amide bonds. The molecular formula is C20H16N4O3S. The van der Waals surface area contributed by atoms with E-state index in [9.17, 15) is 13.2 Å². The molecule has 1 heterocycles. The van der Waals surface area contributed by atoms with Crippen LogP contribution in [0.25, 0.3) is 16.5 Å². The van der Waals surface area contributed by atoms with Crippen molar-refractivity contribution in [3.05, 3.63) is 91.0 Å². The average molecular weight is 392 g/mol. The van der Waals surface area contributed by atoms with Crippen LogP contribution < -0.4 is 10.3 Å². The van der Waals surface area contributed by atoms with Gasteiger partial charge in [-0.15, -0.1) is 4.83 Å². The molecule has 140 valence electrons. The number of hydrogen-bond donors (Lipinski definition) is 2. The molecule has 0 spiro atoms. The molecule has 1 aromatic heterocycles. The van der Waals surface area contributed by atoms with Crippen LogP contribution in [0.4, 0.5) is 0 Å². The van der Waals surface area contributed by atoms with Gasteiger partial charge in [0.1, 0.15) is 5.69 Å². The monoisotopic (exact) mass is 392 g/mol. The summed E-state index contributed by atoms with van der Waals surface area (Å²) in [7, 11) is -3.93. The van der Waals surface area contributed by atoms with Crippen LogP contribution in [0.2, 0.25) is 0 Å². The van der Waals surface area contributed by atoms with Crippen LogP contribution in [0.15, 0.2) is 90.2 Å². The van der Waals surface area contributed by atoms with Gasteiger partial charge in [0.05, 0.1) is 17.4 Å². The molecule has 0 aliphatic heterocycles. The predicted octanol–water partition coefficient (Wildman–Crippen LogP) is 2.65. The Balaban J connectivity index is 1.54. The van der Waals surface area contributed by atoms with Gasteiger partial charge in [0.15, 0.2) is 0 Å².